The Kier molecular flexibility index (Phi) is 10.0. The second-order valence-electron chi connectivity index (χ2n) is 9.78. The summed E-state index contributed by atoms with van der Waals surface area (Å²) in [5, 5.41) is 1.83. The molecule has 216 valence electrons. The third kappa shape index (κ3) is 5.88. The minimum Gasteiger partial charge on any atom is -1.00 e. The maximum atomic E-state index is 13.9. The molecular formula is C33H21Cl2F6Hf-3. The molecule has 0 bridgehead atoms. The van der Waals surface area contributed by atoms with Gasteiger partial charge in [-0.1, -0.05) is 85.3 Å². The zero-order valence-electron chi connectivity index (χ0n) is 21.9. The van der Waals surface area contributed by atoms with Gasteiger partial charge in [0.25, 0.3) is 0 Å². The normalized spacial score (nSPS) is 14.6. The predicted molar refractivity (Wildman–Crippen MR) is 142 cm³/mol. The topological polar surface area (TPSA) is 0 Å². The standard InChI is InChI=1S/C33H21F6.2ClH.Hf/c1-19-25-12-7-8-14-27(25)31(29(19)22-15-23(32(34,35)36)18-24(16-22)33(37,38)39)30-26-13-6-5-11-21(26)17-28(30)20-9-3-2-4-10-20;;;/h2-19H,1H3;2*1H;/q-1;;;/p-2. The van der Waals surface area contributed by atoms with Gasteiger partial charge in [-0.25, -0.2) is 0 Å². The van der Waals surface area contributed by atoms with Crippen LogP contribution in [0, 0.1) is 0 Å². The van der Waals surface area contributed by atoms with Gasteiger partial charge < -0.3 is 24.8 Å². The molecule has 42 heavy (non-hydrogen) atoms. The summed E-state index contributed by atoms with van der Waals surface area (Å²) in [6, 6.07) is 28.7. The molecule has 5 aromatic carbocycles. The molecule has 0 radical (unpaired) electrons. The van der Waals surface area contributed by atoms with Crippen molar-refractivity contribution in [2.24, 2.45) is 0 Å². The zero-order chi connectivity index (χ0) is 27.5. The number of hydrogen-bond acceptors (Lipinski definition) is 0. The molecular weight excluding hydrogens is 760 g/mol. The Morgan fingerprint density at radius 3 is 1.81 bits per heavy atom. The maximum Gasteiger partial charge on any atom is 0.416 e. The van der Waals surface area contributed by atoms with Gasteiger partial charge in [-0.05, 0) is 46.0 Å². The van der Waals surface area contributed by atoms with E-state index >= 15 is 0 Å². The summed E-state index contributed by atoms with van der Waals surface area (Å²) < 4.78 is 83.2. The van der Waals surface area contributed by atoms with Gasteiger partial charge in [-0.15, -0.1) is 34.0 Å². The van der Waals surface area contributed by atoms with Gasteiger partial charge >= 0.3 is 12.4 Å². The first-order chi connectivity index (χ1) is 18.5. The summed E-state index contributed by atoms with van der Waals surface area (Å²) in [4.78, 5) is 0. The summed E-state index contributed by atoms with van der Waals surface area (Å²) in [5.41, 5.74) is 2.62. The third-order valence-electron chi connectivity index (χ3n) is 7.43. The predicted octanol–water partition coefficient (Wildman–Crippen LogP) is 4.35. The van der Waals surface area contributed by atoms with Crippen LogP contribution in [0.1, 0.15) is 46.2 Å². The number of rotatable bonds is 3. The van der Waals surface area contributed by atoms with E-state index in [9.17, 15) is 26.3 Å². The van der Waals surface area contributed by atoms with Gasteiger partial charge in [0.15, 0.2) is 0 Å². The molecule has 1 unspecified atom stereocenters. The van der Waals surface area contributed by atoms with Crippen LogP contribution >= 0.6 is 0 Å². The average Bonchev–Trinajstić information content (AvgIpc) is 3.43. The maximum absolute atomic E-state index is 13.9. The van der Waals surface area contributed by atoms with Crippen molar-refractivity contribution in [3.8, 4) is 11.1 Å². The van der Waals surface area contributed by atoms with Crippen LogP contribution in [0.4, 0.5) is 26.3 Å². The van der Waals surface area contributed by atoms with Crippen LogP contribution in [-0.4, -0.2) is 0 Å². The van der Waals surface area contributed by atoms with Crippen molar-refractivity contribution in [1.29, 1.82) is 0 Å². The molecule has 0 amide bonds. The van der Waals surface area contributed by atoms with Crippen molar-refractivity contribution in [2.45, 2.75) is 25.2 Å². The van der Waals surface area contributed by atoms with Crippen LogP contribution in [0.25, 0.3) is 33.0 Å². The minimum atomic E-state index is -4.94. The van der Waals surface area contributed by atoms with Crippen molar-refractivity contribution in [3.63, 3.8) is 0 Å². The molecule has 0 saturated carbocycles. The number of benzene rings is 4. The average molecular weight is 781 g/mol. The molecule has 6 rings (SSSR count). The van der Waals surface area contributed by atoms with Gasteiger partial charge in [-0.2, -0.15) is 26.3 Å². The number of halogens is 8. The van der Waals surface area contributed by atoms with Crippen molar-refractivity contribution in [2.75, 3.05) is 0 Å². The van der Waals surface area contributed by atoms with Gasteiger partial charge in [-0.3, -0.25) is 0 Å². The molecule has 0 fully saturated rings. The van der Waals surface area contributed by atoms with E-state index in [0.29, 0.717) is 11.1 Å². The summed E-state index contributed by atoms with van der Waals surface area (Å²) in [6.45, 7) is 1.84. The van der Waals surface area contributed by atoms with E-state index in [4.69, 9.17) is 0 Å². The second kappa shape index (κ2) is 12.5. The van der Waals surface area contributed by atoms with Crippen LogP contribution in [0.2, 0.25) is 0 Å². The summed E-state index contributed by atoms with van der Waals surface area (Å²) >= 11 is 0. The Bertz CT molecular complexity index is 1720. The first-order valence-corrected chi connectivity index (χ1v) is 12.4. The molecule has 5 aromatic rings. The number of hydrogen-bond donors (Lipinski definition) is 0. The zero-order valence-corrected chi connectivity index (χ0v) is 27.0. The third-order valence-corrected chi connectivity index (χ3v) is 7.43. The van der Waals surface area contributed by atoms with E-state index in [-0.39, 0.29) is 62.3 Å². The van der Waals surface area contributed by atoms with Crippen molar-refractivity contribution in [3.05, 3.63) is 137 Å². The van der Waals surface area contributed by atoms with Crippen LogP contribution in [0.3, 0.4) is 0 Å². The Labute approximate surface area is 270 Å². The van der Waals surface area contributed by atoms with Crippen LogP contribution < -0.4 is 24.8 Å². The van der Waals surface area contributed by atoms with Crippen molar-refractivity contribution in [1.82, 2.24) is 0 Å². The van der Waals surface area contributed by atoms with Crippen LogP contribution in [0.15, 0.2) is 103 Å². The summed E-state index contributed by atoms with van der Waals surface area (Å²) in [5.74, 6) is -0.432. The molecule has 0 aliphatic heterocycles. The SMILES string of the molecule is CC1C(c2cc(C(F)(F)F)cc(C(F)(F)F)c2)=C(c2c(-c3ccccc3)[cH-]c3ccccc23)c2ccccc21.[Cl-].[Cl-].[Hf]. The van der Waals surface area contributed by atoms with E-state index in [1.807, 2.05) is 91.9 Å². The first-order valence-electron chi connectivity index (χ1n) is 12.4. The second-order valence-corrected chi connectivity index (χ2v) is 9.78. The molecule has 0 N–H and O–H groups in total. The molecule has 9 heteroatoms. The fraction of sp³-hybridized carbons (Fsp3) is 0.121. The molecule has 0 saturated heterocycles. The van der Waals surface area contributed by atoms with E-state index in [2.05, 4.69) is 0 Å². The van der Waals surface area contributed by atoms with E-state index < -0.39 is 29.4 Å². The van der Waals surface area contributed by atoms with E-state index in [0.717, 1.165) is 50.7 Å². The fourth-order valence-corrected chi connectivity index (χ4v) is 5.73. The number of alkyl halides is 6. The monoisotopic (exact) mass is 781 g/mol. The Hall–Kier alpha value is -2.74. The number of fused-ring (bicyclic) bond motifs is 2. The van der Waals surface area contributed by atoms with Crippen LogP contribution in [0.5, 0.6) is 0 Å². The molecule has 0 heterocycles. The van der Waals surface area contributed by atoms with Crippen LogP contribution in [-0.2, 0) is 38.2 Å². The molecule has 1 aliphatic carbocycles. The van der Waals surface area contributed by atoms with Gasteiger partial charge in [0.05, 0.1) is 11.1 Å². The Morgan fingerprint density at radius 1 is 0.643 bits per heavy atom. The minimum absolute atomic E-state index is 0. The van der Waals surface area contributed by atoms with Gasteiger partial charge in [0, 0.05) is 31.8 Å². The molecule has 1 aliphatic rings. The Morgan fingerprint density at radius 2 is 1.19 bits per heavy atom. The quantitative estimate of drug-likeness (QED) is 0.145. The largest absolute Gasteiger partial charge is 1.00 e. The van der Waals surface area contributed by atoms with E-state index in [1.165, 1.54) is 0 Å². The molecule has 0 spiro atoms. The van der Waals surface area contributed by atoms with Gasteiger partial charge in [0.2, 0.25) is 0 Å². The van der Waals surface area contributed by atoms with Crippen molar-refractivity contribution < 1.29 is 77.0 Å². The first kappa shape index (κ1) is 33.8. The molecule has 1 atom stereocenters. The number of allylic oxidation sites excluding steroid dienone is 1. The summed E-state index contributed by atoms with van der Waals surface area (Å²) in [6.07, 6.45) is -9.87. The fourth-order valence-electron chi connectivity index (χ4n) is 5.73. The smallest absolute Gasteiger partial charge is 0.416 e. The van der Waals surface area contributed by atoms with E-state index in [1.54, 1.807) is 0 Å². The van der Waals surface area contributed by atoms with Crippen molar-refractivity contribution >= 4 is 21.9 Å². The van der Waals surface area contributed by atoms with Gasteiger partial charge in [0.1, 0.15) is 0 Å². The Balaban J connectivity index is 0.00000161. The summed E-state index contributed by atoms with van der Waals surface area (Å²) in [7, 11) is 0. The molecule has 0 aromatic heterocycles. The molecule has 0 nitrogen and oxygen atoms in total.